The largest absolute Gasteiger partial charge is 0.306 e. The Hall–Kier alpha value is -2.38. The molecule has 2 aromatic heterocycles. The summed E-state index contributed by atoms with van der Waals surface area (Å²) >= 11 is 5.86. The first-order chi connectivity index (χ1) is 10.5. The summed E-state index contributed by atoms with van der Waals surface area (Å²) in [6.45, 7) is 0. The predicted molar refractivity (Wildman–Crippen MR) is 81.3 cm³/mol. The van der Waals surface area contributed by atoms with Gasteiger partial charge in [0.15, 0.2) is 0 Å². The summed E-state index contributed by atoms with van der Waals surface area (Å²) in [5.74, 6) is -0.733. The van der Waals surface area contributed by atoms with Crippen LogP contribution in [-0.4, -0.2) is 23.7 Å². The van der Waals surface area contributed by atoms with E-state index < -0.39 is 15.9 Å². The Balaban J connectivity index is 1.91. The number of carbonyl (C=O) groups is 1. The molecule has 1 aromatic carbocycles. The van der Waals surface area contributed by atoms with Crippen LogP contribution in [0.15, 0.2) is 60.0 Å². The van der Waals surface area contributed by atoms with Crippen molar-refractivity contribution >= 4 is 33.0 Å². The second-order valence-corrected chi connectivity index (χ2v) is 6.56. The molecule has 1 amide bonds. The fourth-order valence-electron chi connectivity index (χ4n) is 1.96. The minimum atomic E-state index is -4.03. The van der Waals surface area contributed by atoms with Crippen molar-refractivity contribution in [1.82, 2.24) is 14.1 Å². The molecule has 8 heteroatoms. The van der Waals surface area contributed by atoms with E-state index in [1.54, 1.807) is 35.3 Å². The Labute approximate surface area is 131 Å². The molecule has 0 fully saturated rings. The number of pyridine rings is 1. The normalized spacial score (nSPS) is 11.5. The van der Waals surface area contributed by atoms with Crippen LogP contribution in [0.3, 0.4) is 0 Å². The van der Waals surface area contributed by atoms with Gasteiger partial charge in [-0.15, -0.1) is 0 Å². The van der Waals surface area contributed by atoms with E-state index in [2.05, 4.69) is 4.98 Å². The zero-order chi connectivity index (χ0) is 15.7. The predicted octanol–water partition coefficient (Wildman–Crippen LogP) is 2.11. The molecular weight excluding hydrogens is 326 g/mol. The highest BCUT2D eigenvalue weighted by atomic mass is 35.5. The quantitative estimate of drug-likeness (QED) is 0.795. The van der Waals surface area contributed by atoms with Crippen molar-refractivity contribution < 1.29 is 13.2 Å². The Morgan fingerprint density at radius 2 is 2.00 bits per heavy atom. The number of rotatable bonds is 3. The van der Waals surface area contributed by atoms with E-state index in [0.29, 0.717) is 5.52 Å². The van der Waals surface area contributed by atoms with E-state index in [9.17, 15) is 13.2 Å². The van der Waals surface area contributed by atoms with Gasteiger partial charge in [0.2, 0.25) is 0 Å². The van der Waals surface area contributed by atoms with E-state index in [1.165, 1.54) is 24.3 Å². The van der Waals surface area contributed by atoms with Gasteiger partial charge < -0.3 is 4.40 Å². The average Bonchev–Trinajstić information content (AvgIpc) is 2.94. The Morgan fingerprint density at radius 1 is 1.23 bits per heavy atom. The third kappa shape index (κ3) is 2.68. The van der Waals surface area contributed by atoms with Crippen molar-refractivity contribution in [3.63, 3.8) is 0 Å². The summed E-state index contributed by atoms with van der Waals surface area (Å²) < 4.78 is 28.1. The molecule has 22 heavy (non-hydrogen) atoms. The van der Waals surface area contributed by atoms with Crippen molar-refractivity contribution in [3.8, 4) is 0 Å². The first-order valence-electron chi connectivity index (χ1n) is 6.21. The zero-order valence-corrected chi connectivity index (χ0v) is 12.7. The second kappa shape index (κ2) is 5.43. The summed E-state index contributed by atoms with van der Waals surface area (Å²) in [6, 6.07) is 8.97. The molecule has 0 aliphatic rings. The number of sulfonamides is 1. The van der Waals surface area contributed by atoms with Gasteiger partial charge in [-0.3, -0.25) is 4.79 Å². The van der Waals surface area contributed by atoms with Gasteiger partial charge in [0, 0.05) is 11.8 Å². The van der Waals surface area contributed by atoms with Crippen LogP contribution in [0.1, 0.15) is 10.4 Å². The van der Waals surface area contributed by atoms with Gasteiger partial charge in [-0.25, -0.2) is 18.1 Å². The number of hydrogen-bond acceptors (Lipinski definition) is 4. The monoisotopic (exact) mass is 335 g/mol. The van der Waals surface area contributed by atoms with Gasteiger partial charge in [-0.1, -0.05) is 23.7 Å². The number of fused-ring (bicyclic) bond motifs is 1. The molecule has 0 unspecified atom stereocenters. The number of amides is 1. The molecule has 0 aliphatic carbocycles. The van der Waals surface area contributed by atoms with Gasteiger partial charge in [0.05, 0.1) is 23.1 Å². The Kier molecular flexibility index (Phi) is 3.59. The van der Waals surface area contributed by atoms with Gasteiger partial charge in [0.1, 0.15) is 4.90 Å². The molecule has 0 radical (unpaired) electrons. The van der Waals surface area contributed by atoms with Crippen LogP contribution >= 0.6 is 11.6 Å². The molecule has 1 N–H and O–H groups in total. The second-order valence-electron chi connectivity index (χ2n) is 4.51. The molecule has 0 saturated carbocycles. The Morgan fingerprint density at radius 3 is 2.77 bits per heavy atom. The van der Waals surface area contributed by atoms with Gasteiger partial charge in [-0.05, 0) is 24.3 Å². The van der Waals surface area contributed by atoms with E-state index >= 15 is 0 Å². The zero-order valence-electron chi connectivity index (χ0n) is 11.1. The average molecular weight is 336 g/mol. The van der Waals surface area contributed by atoms with Crippen molar-refractivity contribution in [2.24, 2.45) is 0 Å². The smallest absolute Gasteiger partial charge is 0.265 e. The van der Waals surface area contributed by atoms with Crippen LogP contribution < -0.4 is 4.72 Å². The maximum Gasteiger partial charge on any atom is 0.265 e. The topological polar surface area (TPSA) is 80.5 Å². The molecule has 3 aromatic rings. The number of nitrogens with zero attached hydrogens (tertiary/aromatic N) is 2. The van der Waals surface area contributed by atoms with E-state index in [0.717, 1.165) is 0 Å². The highest BCUT2D eigenvalue weighted by Crippen LogP contribution is 2.20. The molecule has 2 heterocycles. The maximum absolute atomic E-state index is 12.2. The summed E-state index contributed by atoms with van der Waals surface area (Å²) in [5, 5.41) is 0.0500. The number of benzene rings is 1. The van der Waals surface area contributed by atoms with Crippen molar-refractivity contribution in [3.05, 3.63) is 65.7 Å². The number of hydrogen-bond donors (Lipinski definition) is 1. The molecule has 112 valence electrons. The van der Waals surface area contributed by atoms with Gasteiger partial charge in [-0.2, -0.15) is 0 Å². The molecular formula is C14H10ClN3O3S. The van der Waals surface area contributed by atoms with Gasteiger partial charge >= 0.3 is 0 Å². The van der Waals surface area contributed by atoms with Crippen LogP contribution in [0.5, 0.6) is 0 Å². The minimum absolute atomic E-state index is 0.0500. The van der Waals surface area contributed by atoms with Crippen LogP contribution in [0.4, 0.5) is 0 Å². The summed E-state index contributed by atoms with van der Waals surface area (Å²) in [5.41, 5.74) is 0.895. The van der Waals surface area contributed by atoms with Crippen LogP contribution in [-0.2, 0) is 10.0 Å². The third-order valence-corrected chi connectivity index (χ3v) is 4.86. The fraction of sp³-hybridized carbons (Fsp3) is 0. The summed E-state index contributed by atoms with van der Waals surface area (Å²) in [4.78, 5) is 15.9. The molecule has 0 saturated heterocycles. The first-order valence-corrected chi connectivity index (χ1v) is 8.07. The van der Waals surface area contributed by atoms with E-state index in [1.807, 2.05) is 4.72 Å². The molecule has 0 atom stereocenters. The number of imidazole rings is 1. The molecule has 3 rings (SSSR count). The Bertz CT molecular complexity index is 966. The lowest BCUT2D eigenvalue weighted by Crippen LogP contribution is -2.30. The van der Waals surface area contributed by atoms with Crippen LogP contribution in [0.25, 0.3) is 5.52 Å². The molecule has 0 bridgehead atoms. The molecule has 0 spiro atoms. The fourth-order valence-corrected chi connectivity index (χ4v) is 3.45. The van der Waals surface area contributed by atoms with Crippen LogP contribution in [0, 0.1) is 0 Å². The lowest BCUT2D eigenvalue weighted by atomic mass is 10.2. The number of nitrogens with one attached hydrogen (secondary N) is 1. The van der Waals surface area contributed by atoms with Gasteiger partial charge in [0.25, 0.3) is 15.9 Å². The first kappa shape index (κ1) is 14.6. The highest BCUT2D eigenvalue weighted by molar-refractivity contribution is 7.90. The highest BCUT2D eigenvalue weighted by Gasteiger charge is 2.21. The standard InChI is InChI=1S/C14H10ClN3O3S/c15-12-3-1-2-4-13(12)22(20,21)17-14(19)10-5-6-18-9-16-8-11(18)7-10/h1-9H,(H,17,19). The van der Waals surface area contributed by atoms with Crippen LogP contribution in [0.2, 0.25) is 5.02 Å². The molecule has 6 nitrogen and oxygen atoms in total. The third-order valence-electron chi connectivity index (χ3n) is 3.03. The summed E-state index contributed by atoms with van der Waals surface area (Å²) in [7, 11) is -4.03. The minimum Gasteiger partial charge on any atom is -0.306 e. The van der Waals surface area contributed by atoms with Crippen molar-refractivity contribution in [2.75, 3.05) is 0 Å². The lowest BCUT2D eigenvalue weighted by molar-refractivity contribution is 0.0981. The van der Waals surface area contributed by atoms with Crippen molar-refractivity contribution in [2.45, 2.75) is 4.90 Å². The summed E-state index contributed by atoms with van der Waals surface area (Å²) in [6.07, 6.45) is 4.77. The number of aromatic nitrogens is 2. The molecule has 0 aliphatic heterocycles. The number of halogens is 1. The SMILES string of the molecule is O=C(NS(=O)(=O)c1ccccc1Cl)c1ccn2cncc2c1. The van der Waals surface area contributed by atoms with Crippen molar-refractivity contribution in [1.29, 1.82) is 0 Å². The number of carbonyl (C=O) groups excluding carboxylic acids is 1. The van der Waals surface area contributed by atoms with E-state index in [4.69, 9.17) is 11.6 Å². The van der Waals surface area contributed by atoms with E-state index in [-0.39, 0.29) is 15.5 Å². The lowest BCUT2D eigenvalue weighted by Gasteiger charge is -2.08. The maximum atomic E-state index is 12.2.